The zero-order valence-corrected chi connectivity index (χ0v) is 12.6. The molecule has 1 heterocycles. The average Bonchev–Trinajstić information content (AvgIpc) is 2.39. The van der Waals surface area contributed by atoms with Gasteiger partial charge in [0, 0.05) is 35.8 Å². The lowest BCUT2D eigenvalue weighted by Crippen LogP contribution is -2.24. The molecule has 0 aliphatic carbocycles. The minimum absolute atomic E-state index is 0.0798. The van der Waals surface area contributed by atoms with E-state index < -0.39 is 0 Å². The number of nitrogens with zero attached hydrogens (tertiary/aromatic N) is 1. The van der Waals surface area contributed by atoms with E-state index in [1.54, 1.807) is 13.2 Å². The van der Waals surface area contributed by atoms with Gasteiger partial charge < -0.3 is 15.4 Å². The number of halogens is 1. The first-order chi connectivity index (χ1) is 8.72. The van der Waals surface area contributed by atoms with E-state index >= 15 is 0 Å². The second-order valence-electron chi connectivity index (χ2n) is 3.69. The Labute approximate surface area is 121 Å². The smallest absolute Gasteiger partial charge is 0.219 e. The van der Waals surface area contributed by atoms with Gasteiger partial charge in [0.1, 0.15) is 6.61 Å². The van der Waals surface area contributed by atoms with Gasteiger partial charge in [-0.25, -0.2) is 4.98 Å². The highest BCUT2D eigenvalue weighted by atomic mass is 127. The maximum atomic E-state index is 10.9. The van der Waals surface area contributed by atoms with Gasteiger partial charge in [-0.05, 0) is 41.6 Å². The highest BCUT2D eigenvalue weighted by molar-refractivity contribution is 14.1. The van der Waals surface area contributed by atoms with Crippen LogP contribution in [0.4, 0.5) is 0 Å². The molecule has 1 aromatic rings. The van der Waals surface area contributed by atoms with Crippen LogP contribution in [0, 0.1) is 3.57 Å². The molecule has 0 atom stereocenters. The fourth-order valence-corrected chi connectivity index (χ4v) is 1.62. The molecule has 6 heteroatoms. The zero-order chi connectivity index (χ0) is 13.2. The van der Waals surface area contributed by atoms with E-state index in [4.69, 9.17) is 4.74 Å². The first-order valence-electron chi connectivity index (χ1n) is 5.88. The zero-order valence-electron chi connectivity index (χ0n) is 10.4. The predicted octanol–water partition coefficient (Wildman–Crippen LogP) is 1.18. The molecular weight excluding hydrogens is 345 g/mol. The molecular formula is C12H18IN3O2. The largest absolute Gasteiger partial charge is 0.476 e. The van der Waals surface area contributed by atoms with Crippen LogP contribution in [0.1, 0.15) is 12.8 Å². The van der Waals surface area contributed by atoms with Gasteiger partial charge in [-0.3, -0.25) is 4.79 Å². The minimum Gasteiger partial charge on any atom is -0.476 e. The van der Waals surface area contributed by atoms with E-state index in [1.165, 1.54) is 0 Å². The molecule has 0 fully saturated rings. The Morgan fingerprint density at radius 3 is 2.94 bits per heavy atom. The number of pyridine rings is 1. The van der Waals surface area contributed by atoms with Crippen molar-refractivity contribution in [3.8, 4) is 5.88 Å². The minimum atomic E-state index is 0.0798. The highest BCUT2D eigenvalue weighted by Crippen LogP contribution is 2.08. The number of ether oxygens (including phenoxy) is 1. The summed E-state index contributed by atoms with van der Waals surface area (Å²) in [4.78, 5) is 15.1. The third-order valence-corrected chi connectivity index (χ3v) is 2.90. The number of hydrogen-bond donors (Lipinski definition) is 2. The molecule has 1 aromatic heterocycles. The average molecular weight is 363 g/mol. The summed E-state index contributed by atoms with van der Waals surface area (Å²) in [5, 5.41) is 5.80. The normalized spacial score (nSPS) is 10.1. The lowest BCUT2D eigenvalue weighted by atomic mass is 10.3. The Balaban J connectivity index is 1.99. The van der Waals surface area contributed by atoms with Gasteiger partial charge in [-0.15, -0.1) is 0 Å². The van der Waals surface area contributed by atoms with Crippen molar-refractivity contribution in [1.82, 2.24) is 15.6 Å². The fourth-order valence-electron chi connectivity index (χ4n) is 1.30. The summed E-state index contributed by atoms with van der Waals surface area (Å²) in [5.74, 6) is 0.721. The molecule has 0 bridgehead atoms. The summed E-state index contributed by atoms with van der Waals surface area (Å²) in [6.45, 7) is 2.14. The molecule has 100 valence electrons. The third-order valence-electron chi connectivity index (χ3n) is 2.27. The number of aromatic nitrogens is 1. The van der Waals surface area contributed by atoms with Crippen LogP contribution in [0.25, 0.3) is 0 Å². The Bertz CT molecular complexity index is 357. The summed E-state index contributed by atoms with van der Waals surface area (Å²) >= 11 is 2.20. The Morgan fingerprint density at radius 1 is 1.44 bits per heavy atom. The number of hydrogen-bond acceptors (Lipinski definition) is 4. The van der Waals surface area contributed by atoms with Gasteiger partial charge in [0.05, 0.1) is 0 Å². The van der Waals surface area contributed by atoms with Crippen LogP contribution >= 0.6 is 22.6 Å². The van der Waals surface area contributed by atoms with Crippen LogP contribution in [-0.4, -0.2) is 37.6 Å². The van der Waals surface area contributed by atoms with Gasteiger partial charge in [-0.2, -0.15) is 0 Å². The van der Waals surface area contributed by atoms with Crippen molar-refractivity contribution in [3.63, 3.8) is 0 Å². The number of nitrogens with one attached hydrogen (secondary N) is 2. The lowest BCUT2D eigenvalue weighted by molar-refractivity contribution is -0.120. The van der Waals surface area contributed by atoms with E-state index in [0.29, 0.717) is 18.9 Å². The molecule has 5 nitrogen and oxygen atoms in total. The molecule has 0 saturated carbocycles. The van der Waals surface area contributed by atoms with Crippen LogP contribution < -0.4 is 15.4 Å². The number of carbonyl (C=O) groups excluding carboxylic acids is 1. The van der Waals surface area contributed by atoms with Crippen LogP contribution in [0.3, 0.4) is 0 Å². The molecule has 0 spiro atoms. The SMILES string of the molecule is CNC(=O)CCCNCCOc1ccc(I)cn1. The maximum absolute atomic E-state index is 10.9. The van der Waals surface area contributed by atoms with Crippen molar-refractivity contribution in [1.29, 1.82) is 0 Å². The van der Waals surface area contributed by atoms with E-state index in [2.05, 4.69) is 38.2 Å². The molecule has 18 heavy (non-hydrogen) atoms. The lowest BCUT2D eigenvalue weighted by Gasteiger charge is -2.06. The van der Waals surface area contributed by atoms with E-state index in [-0.39, 0.29) is 5.91 Å². The quantitative estimate of drug-likeness (QED) is 0.538. The highest BCUT2D eigenvalue weighted by Gasteiger charge is 1.97. The Morgan fingerprint density at radius 2 is 2.28 bits per heavy atom. The second kappa shape index (κ2) is 9.09. The van der Waals surface area contributed by atoms with Crippen LogP contribution in [0.5, 0.6) is 5.88 Å². The summed E-state index contributed by atoms with van der Waals surface area (Å²) in [6, 6.07) is 3.81. The fraction of sp³-hybridized carbons (Fsp3) is 0.500. The Kier molecular flexibility index (Phi) is 7.66. The molecule has 0 aliphatic rings. The second-order valence-corrected chi connectivity index (χ2v) is 4.94. The van der Waals surface area contributed by atoms with Crippen LogP contribution in [-0.2, 0) is 4.79 Å². The van der Waals surface area contributed by atoms with Crippen molar-refractivity contribution in [2.75, 3.05) is 26.7 Å². The molecule has 2 N–H and O–H groups in total. The molecule has 0 aromatic carbocycles. The van der Waals surface area contributed by atoms with E-state index in [1.807, 2.05) is 12.1 Å². The van der Waals surface area contributed by atoms with Gasteiger partial charge in [0.15, 0.2) is 0 Å². The molecule has 0 radical (unpaired) electrons. The van der Waals surface area contributed by atoms with Gasteiger partial charge in [0.25, 0.3) is 0 Å². The van der Waals surface area contributed by atoms with E-state index in [9.17, 15) is 4.79 Å². The van der Waals surface area contributed by atoms with Crippen LogP contribution in [0.15, 0.2) is 18.3 Å². The van der Waals surface area contributed by atoms with E-state index in [0.717, 1.165) is 23.1 Å². The first kappa shape index (κ1) is 15.2. The topological polar surface area (TPSA) is 63.2 Å². The van der Waals surface area contributed by atoms with Crippen LogP contribution in [0.2, 0.25) is 0 Å². The van der Waals surface area contributed by atoms with Crippen molar-refractivity contribution >= 4 is 28.5 Å². The molecule has 0 saturated heterocycles. The van der Waals surface area contributed by atoms with Crippen molar-refractivity contribution in [3.05, 3.63) is 21.9 Å². The number of amides is 1. The number of carbonyl (C=O) groups is 1. The first-order valence-corrected chi connectivity index (χ1v) is 6.96. The number of rotatable bonds is 8. The summed E-state index contributed by atoms with van der Waals surface area (Å²) < 4.78 is 6.54. The maximum Gasteiger partial charge on any atom is 0.219 e. The Hall–Kier alpha value is -0.890. The van der Waals surface area contributed by atoms with Gasteiger partial charge >= 0.3 is 0 Å². The molecule has 0 aliphatic heterocycles. The third kappa shape index (κ3) is 6.75. The molecule has 0 unspecified atom stereocenters. The monoisotopic (exact) mass is 363 g/mol. The van der Waals surface area contributed by atoms with Crippen molar-refractivity contribution in [2.24, 2.45) is 0 Å². The van der Waals surface area contributed by atoms with Crippen molar-refractivity contribution in [2.45, 2.75) is 12.8 Å². The standard InChI is InChI=1S/C12H18IN3O2/c1-14-11(17)3-2-6-15-7-8-18-12-5-4-10(13)9-16-12/h4-5,9,15H,2-3,6-8H2,1H3,(H,14,17). The summed E-state index contributed by atoms with van der Waals surface area (Å²) in [6.07, 6.45) is 3.16. The van der Waals surface area contributed by atoms with Crippen molar-refractivity contribution < 1.29 is 9.53 Å². The summed E-state index contributed by atoms with van der Waals surface area (Å²) in [5.41, 5.74) is 0. The molecule has 1 amide bonds. The van der Waals surface area contributed by atoms with Gasteiger partial charge in [-0.1, -0.05) is 0 Å². The predicted molar refractivity (Wildman–Crippen MR) is 78.6 cm³/mol. The molecule has 1 rings (SSSR count). The van der Waals surface area contributed by atoms with Gasteiger partial charge in [0.2, 0.25) is 11.8 Å². The summed E-state index contributed by atoms with van der Waals surface area (Å²) in [7, 11) is 1.65.